The van der Waals surface area contributed by atoms with Gasteiger partial charge in [-0.2, -0.15) is 0 Å². The Hall–Kier alpha value is -1.85. The van der Waals surface area contributed by atoms with Gasteiger partial charge in [0, 0.05) is 12.0 Å². The Labute approximate surface area is 118 Å². The van der Waals surface area contributed by atoms with Gasteiger partial charge in [0.15, 0.2) is 0 Å². The largest absolute Gasteiger partial charge is 0.480 e. The Morgan fingerprint density at radius 1 is 1.45 bits per heavy atom. The number of aromatic nitrogens is 1. The van der Waals surface area contributed by atoms with Crippen LogP contribution < -0.4 is 5.32 Å². The van der Waals surface area contributed by atoms with Crippen LogP contribution in [0.15, 0.2) is 4.52 Å². The average molecular weight is 282 g/mol. The van der Waals surface area contributed by atoms with Gasteiger partial charge in [0.25, 0.3) is 0 Å². The molecular formula is C14H22N2O4. The Morgan fingerprint density at radius 2 is 2.05 bits per heavy atom. The highest BCUT2D eigenvalue weighted by molar-refractivity contribution is 5.86. The molecule has 0 aliphatic rings. The minimum Gasteiger partial charge on any atom is -0.480 e. The number of aryl methyl sites for hydroxylation is 2. The number of nitrogens with one attached hydrogen (secondary N) is 1. The van der Waals surface area contributed by atoms with Crippen molar-refractivity contribution in [2.45, 2.75) is 58.9 Å². The maximum Gasteiger partial charge on any atom is 0.329 e. The van der Waals surface area contributed by atoms with Crippen molar-refractivity contribution in [1.29, 1.82) is 0 Å². The number of carboxylic acid groups (broad SMARTS) is 1. The van der Waals surface area contributed by atoms with E-state index in [0.717, 1.165) is 11.3 Å². The average Bonchev–Trinajstić information content (AvgIpc) is 2.68. The summed E-state index contributed by atoms with van der Waals surface area (Å²) in [4.78, 5) is 23.2. The molecule has 2 unspecified atom stereocenters. The molecule has 0 saturated carbocycles. The minimum atomic E-state index is -1.23. The van der Waals surface area contributed by atoms with E-state index in [1.54, 1.807) is 13.8 Å². The van der Waals surface area contributed by atoms with Gasteiger partial charge in [-0.1, -0.05) is 19.0 Å². The first-order valence-electron chi connectivity index (χ1n) is 6.68. The highest BCUT2D eigenvalue weighted by Crippen LogP contribution is 2.26. The highest BCUT2D eigenvalue weighted by atomic mass is 16.5. The number of hydrogen-bond donors (Lipinski definition) is 2. The van der Waals surface area contributed by atoms with E-state index in [9.17, 15) is 9.59 Å². The van der Waals surface area contributed by atoms with Crippen molar-refractivity contribution >= 4 is 11.9 Å². The van der Waals surface area contributed by atoms with Crippen LogP contribution in [0.5, 0.6) is 0 Å². The van der Waals surface area contributed by atoms with E-state index in [-0.39, 0.29) is 18.2 Å². The van der Waals surface area contributed by atoms with Crippen LogP contribution in [-0.2, 0) is 9.59 Å². The van der Waals surface area contributed by atoms with E-state index in [0.29, 0.717) is 12.2 Å². The lowest BCUT2D eigenvalue weighted by molar-refractivity contribution is -0.147. The lowest BCUT2D eigenvalue weighted by Crippen LogP contribution is -2.51. The third-order valence-corrected chi connectivity index (χ3v) is 3.67. The van der Waals surface area contributed by atoms with E-state index in [1.165, 1.54) is 6.92 Å². The third-order valence-electron chi connectivity index (χ3n) is 3.67. The zero-order valence-electron chi connectivity index (χ0n) is 12.6. The SMILES string of the molecule is CCC(C)(NC(=O)CC(C)c1c(C)noc1C)C(=O)O. The number of amides is 1. The Morgan fingerprint density at radius 3 is 2.45 bits per heavy atom. The first-order valence-corrected chi connectivity index (χ1v) is 6.68. The van der Waals surface area contributed by atoms with Crippen LogP contribution in [0, 0.1) is 13.8 Å². The summed E-state index contributed by atoms with van der Waals surface area (Å²) in [6.45, 7) is 8.76. The van der Waals surface area contributed by atoms with Crippen molar-refractivity contribution in [3.05, 3.63) is 17.0 Å². The maximum absolute atomic E-state index is 12.0. The number of nitrogens with zero attached hydrogens (tertiary/aromatic N) is 1. The van der Waals surface area contributed by atoms with Gasteiger partial charge >= 0.3 is 5.97 Å². The number of hydrogen-bond acceptors (Lipinski definition) is 4. The zero-order valence-corrected chi connectivity index (χ0v) is 12.6. The summed E-state index contributed by atoms with van der Waals surface area (Å²) in [5.41, 5.74) is 0.447. The second-order valence-electron chi connectivity index (χ2n) is 5.38. The molecule has 0 aromatic carbocycles. The van der Waals surface area contributed by atoms with Gasteiger partial charge in [-0.25, -0.2) is 4.79 Å². The molecule has 0 spiro atoms. The molecule has 0 fully saturated rings. The van der Waals surface area contributed by atoms with Crippen molar-refractivity contribution in [3.8, 4) is 0 Å². The second-order valence-corrected chi connectivity index (χ2v) is 5.38. The van der Waals surface area contributed by atoms with E-state index in [2.05, 4.69) is 10.5 Å². The quantitative estimate of drug-likeness (QED) is 0.834. The summed E-state index contributed by atoms with van der Waals surface area (Å²) >= 11 is 0. The first-order chi connectivity index (χ1) is 9.21. The third kappa shape index (κ3) is 3.37. The van der Waals surface area contributed by atoms with Crippen LogP contribution in [0.3, 0.4) is 0 Å². The van der Waals surface area contributed by atoms with Crippen molar-refractivity contribution in [1.82, 2.24) is 10.5 Å². The molecule has 0 saturated heterocycles. The zero-order chi connectivity index (χ0) is 15.5. The summed E-state index contributed by atoms with van der Waals surface area (Å²) in [5.74, 6) is -0.696. The van der Waals surface area contributed by atoms with Crippen LogP contribution in [-0.4, -0.2) is 27.7 Å². The number of aliphatic carboxylic acids is 1. The summed E-state index contributed by atoms with van der Waals surface area (Å²) in [6.07, 6.45) is 0.527. The Balaban J connectivity index is 2.74. The normalized spacial score (nSPS) is 15.4. The minimum absolute atomic E-state index is 0.0730. The Kier molecular flexibility index (Phi) is 4.92. The number of rotatable bonds is 6. The summed E-state index contributed by atoms with van der Waals surface area (Å²) in [6, 6.07) is 0. The summed E-state index contributed by atoms with van der Waals surface area (Å²) in [5, 5.41) is 15.6. The van der Waals surface area contributed by atoms with E-state index in [1.807, 2.05) is 13.8 Å². The van der Waals surface area contributed by atoms with E-state index < -0.39 is 11.5 Å². The molecule has 0 aliphatic carbocycles. The van der Waals surface area contributed by atoms with Crippen LogP contribution in [0.1, 0.15) is 56.5 Å². The molecule has 0 aliphatic heterocycles. The molecular weight excluding hydrogens is 260 g/mol. The molecule has 1 heterocycles. The molecule has 2 N–H and O–H groups in total. The van der Waals surface area contributed by atoms with Crippen LogP contribution >= 0.6 is 0 Å². The molecule has 1 aromatic heterocycles. The highest BCUT2D eigenvalue weighted by Gasteiger charge is 2.33. The van der Waals surface area contributed by atoms with Gasteiger partial charge in [0.1, 0.15) is 11.3 Å². The van der Waals surface area contributed by atoms with Gasteiger partial charge in [-0.3, -0.25) is 4.79 Å². The van der Waals surface area contributed by atoms with Crippen molar-refractivity contribution < 1.29 is 19.2 Å². The summed E-state index contributed by atoms with van der Waals surface area (Å²) in [7, 11) is 0. The fraction of sp³-hybridized carbons (Fsp3) is 0.643. The predicted octanol–water partition coefficient (Wildman–Crippen LogP) is 2.15. The van der Waals surface area contributed by atoms with Gasteiger partial charge < -0.3 is 14.9 Å². The van der Waals surface area contributed by atoms with Gasteiger partial charge in [-0.15, -0.1) is 0 Å². The molecule has 112 valence electrons. The Bertz CT molecular complexity index is 490. The molecule has 1 rings (SSSR count). The maximum atomic E-state index is 12.0. The second kappa shape index (κ2) is 6.07. The predicted molar refractivity (Wildman–Crippen MR) is 73.5 cm³/mol. The van der Waals surface area contributed by atoms with Gasteiger partial charge in [0.2, 0.25) is 5.91 Å². The molecule has 6 heteroatoms. The number of carbonyl (C=O) groups excluding carboxylic acids is 1. The van der Waals surface area contributed by atoms with Crippen LogP contribution in [0.2, 0.25) is 0 Å². The number of carbonyl (C=O) groups is 2. The topological polar surface area (TPSA) is 92.4 Å². The molecule has 20 heavy (non-hydrogen) atoms. The van der Waals surface area contributed by atoms with Crippen LogP contribution in [0.25, 0.3) is 0 Å². The molecule has 6 nitrogen and oxygen atoms in total. The fourth-order valence-electron chi connectivity index (χ4n) is 2.23. The van der Waals surface area contributed by atoms with Gasteiger partial charge in [0.05, 0.1) is 5.69 Å². The summed E-state index contributed by atoms with van der Waals surface area (Å²) < 4.78 is 5.08. The molecule has 1 aromatic rings. The van der Waals surface area contributed by atoms with Crippen molar-refractivity contribution in [2.75, 3.05) is 0 Å². The van der Waals surface area contributed by atoms with E-state index in [4.69, 9.17) is 9.63 Å². The molecule has 0 radical (unpaired) electrons. The fourth-order valence-corrected chi connectivity index (χ4v) is 2.23. The van der Waals surface area contributed by atoms with Crippen molar-refractivity contribution in [2.24, 2.45) is 0 Å². The van der Waals surface area contributed by atoms with E-state index >= 15 is 0 Å². The van der Waals surface area contributed by atoms with Crippen molar-refractivity contribution in [3.63, 3.8) is 0 Å². The van der Waals surface area contributed by atoms with Crippen LogP contribution in [0.4, 0.5) is 0 Å². The molecule has 0 bridgehead atoms. The monoisotopic (exact) mass is 282 g/mol. The molecule has 2 atom stereocenters. The first kappa shape index (κ1) is 16.2. The standard InChI is InChI=1S/C14H22N2O4/c1-6-14(5,13(18)19)15-11(17)7-8(2)12-9(3)16-20-10(12)4/h8H,6-7H2,1-5H3,(H,15,17)(H,18,19). The molecule has 1 amide bonds. The lowest BCUT2D eigenvalue weighted by atomic mass is 9.94. The lowest BCUT2D eigenvalue weighted by Gasteiger charge is -2.25. The number of carboxylic acids is 1. The van der Waals surface area contributed by atoms with Gasteiger partial charge in [-0.05, 0) is 33.1 Å². The smallest absolute Gasteiger partial charge is 0.329 e.